The third-order valence-corrected chi connectivity index (χ3v) is 6.89. The average Bonchev–Trinajstić information content (AvgIpc) is 3.15. The Morgan fingerprint density at radius 3 is 2.50 bits per heavy atom. The van der Waals surface area contributed by atoms with Crippen LogP contribution >= 0.6 is 23.4 Å². The number of hydrogen-bond acceptors (Lipinski definition) is 6. The summed E-state index contributed by atoms with van der Waals surface area (Å²) >= 11 is 7.06. The van der Waals surface area contributed by atoms with E-state index in [0.29, 0.717) is 33.7 Å². The van der Waals surface area contributed by atoms with Gasteiger partial charge in [-0.1, -0.05) is 47.5 Å². The molecule has 4 rings (SSSR count). The fourth-order valence-corrected chi connectivity index (χ4v) is 4.82. The van der Waals surface area contributed by atoms with E-state index in [1.54, 1.807) is 12.1 Å². The lowest BCUT2D eigenvalue weighted by Crippen LogP contribution is -2.36. The molecule has 1 saturated heterocycles. The number of imide groups is 1. The minimum absolute atomic E-state index is 0.0308. The molecule has 0 aromatic heterocycles. The Hall–Kier alpha value is -3.96. The number of thioether (sulfide) groups is 1. The standard InChI is InChI=1S/C28H22ClF3N2O5S/c1-16-6-8-17(9-7-16)15-39-25-21(29)10-18(11-22(25)38-2)12-23-26(36)34(27(37)40-23)14-24(35)33-20-5-3-4-19(13-20)28(30,31)32/h3-13H,14-15H2,1-2H3,(H,33,35)/b23-12-. The van der Waals surface area contributed by atoms with Crippen molar-refractivity contribution in [2.24, 2.45) is 0 Å². The second-order valence-electron chi connectivity index (χ2n) is 8.70. The topological polar surface area (TPSA) is 84.9 Å². The highest BCUT2D eigenvalue weighted by Crippen LogP contribution is 2.39. The Balaban J connectivity index is 1.45. The number of benzene rings is 3. The van der Waals surface area contributed by atoms with E-state index in [1.165, 1.54) is 19.3 Å². The number of amides is 3. The maximum absolute atomic E-state index is 12.9. The van der Waals surface area contributed by atoms with Crippen molar-refractivity contribution in [1.82, 2.24) is 4.90 Å². The number of anilines is 1. The summed E-state index contributed by atoms with van der Waals surface area (Å²) in [4.78, 5) is 38.5. The highest BCUT2D eigenvalue weighted by atomic mass is 35.5. The molecule has 7 nitrogen and oxygen atoms in total. The van der Waals surface area contributed by atoms with Gasteiger partial charge in [0.1, 0.15) is 13.2 Å². The Labute approximate surface area is 236 Å². The van der Waals surface area contributed by atoms with Gasteiger partial charge in [0.15, 0.2) is 11.5 Å². The van der Waals surface area contributed by atoms with Gasteiger partial charge in [-0.15, -0.1) is 0 Å². The van der Waals surface area contributed by atoms with E-state index in [4.69, 9.17) is 21.1 Å². The predicted molar refractivity (Wildman–Crippen MR) is 146 cm³/mol. The zero-order chi connectivity index (χ0) is 29.0. The molecule has 1 heterocycles. The summed E-state index contributed by atoms with van der Waals surface area (Å²) in [6.07, 6.45) is -3.16. The summed E-state index contributed by atoms with van der Waals surface area (Å²) in [5.41, 5.74) is 1.43. The Morgan fingerprint density at radius 1 is 1.10 bits per heavy atom. The van der Waals surface area contributed by atoms with Gasteiger partial charge < -0.3 is 14.8 Å². The van der Waals surface area contributed by atoms with Crippen LogP contribution in [0.5, 0.6) is 11.5 Å². The van der Waals surface area contributed by atoms with Crippen LogP contribution in [-0.4, -0.2) is 35.6 Å². The monoisotopic (exact) mass is 590 g/mol. The summed E-state index contributed by atoms with van der Waals surface area (Å²) in [6.45, 7) is 1.55. The minimum atomic E-state index is -4.59. The van der Waals surface area contributed by atoms with Crippen molar-refractivity contribution in [3.63, 3.8) is 0 Å². The first-order valence-electron chi connectivity index (χ1n) is 11.7. The first kappa shape index (κ1) is 29.0. The Morgan fingerprint density at radius 2 is 1.82 bits per heavy atom. The van der Waals surface area contributed by atoms with Crippen LogP contribution in [0.25, 0.3) is 6.08 Å². The molecule has 0 aliphatic carbocycles. The molecule has 0 bridgehead atoms. The fourth-order valence-electron chi connectivity index (χ4n) is 3.71. The lowest BCUT2D eigenvalue weighted by atomic mass is 10.1. The maximum atomic E-state index is 12.9. The van der Waals surface area contributed by atoms with Crippen molar-refractivity contribution in [3.8, 4) is 11.5 Å². The van der Waals surface area contributed by atoms with Gasteiger partial charge in [-0.3, -0.25) is 19.3 Å². The number of rotatable bonds is 8. The van der Waals surface area contributed by atoms with Crippen LogP contribution in [0.4, 0.5) is 23.7 Å². The SMILES string of the molecule is COc1cc(/C=C2\SC(=O)N(CC(=O)Nc3cccc(C(F)(F)F)c3)C2=O)cc(Cl)c1OCc1ccc(C)cc1. The number of hydrogen-bond donors (Lipinski definition) is 1. The van der Waals surface area contributed by atoms with E-state index in [0.717, 1.165) is 29.3 Å². The van der Waals surface area contributed by atoms with Crippen molar-refractivity contribution >= 4 is 52.2 Å². The van der Waals surface area contributed by atoms with Crippen LogP contribution in [0.2, 0.25) is 5.02 Å². The van der Waals surface area contributed by atoms with Gasteiger partial charge in [0.25, 0.3) is 11.1 Å². The molecule has 40 heavy (non-hydrogen) atoms. The van der Waals surface area contributed by atoms with Gasteiger partial charge in [-0.05, 0) is 66.2 Å². The number of ether oxygens (including phenoxy) is 2. The zero-order valence-corrected chi connectivity index (χ0v) is 22.7. The molecule has 3 aromatic carbocycles. The number of nitrogens with one attached hydrogen (secondary N) is 1. The van der Waals surface area contributed by atoms with Gasteiger partial charge in [0.05, 0.1) is 22.6 Å². The lowest BCUT2D eigenvalue weighted by molar-refractivity contribution is -0.137. The van der Waals surface area contributed by atoms with Gasteiger partial charge >= 0.3 is 6.18 Å². The maximum Gasteiger partial charge on any atom is 0.416 e. The molecule has 1 aliphatic heterocycles. The van der Waals surface area contributed by atoms with Gasteiger partial charge in [-0.25, -0.2) is 0 Å². The molecule has 3 amide bonds. The van der Waals surface area contributed by atoms with Gasteiger partial charge in [0.2, 0.25) is 5.91 Å². The Kier molecular flexibility index (Phi) is 8.75. The molecule has 1 aliphatic rings. The fraction of sp³-hybridized carbons (Fsp3) is 0.179. The van der Waals surface area contributed by atoms with Gasteiger partial charge in [0, 0.05) is 5.69 Å². The summed E-state index contributed by atoms with van der Waals surface area (Å²) in [6, 6.07) is 14.9. The normalized spacial score (nSPS) is 14.6. The van der Waals surface area contributed by atoms with Crippen LogP contribution < -0.4 is 14.8 Å². The van der Waals surface area contributed by atoms with Crippen LogP contribution in [0, 0.1) is 6.92 Å². The van der Waals surface area contributed by atoms with E-state index in [2.05, 4.69) is 5.32 Å². The average molecular weight is 591 g/mol. The second kappa shape index (κ2) is 12.1. The van der Waals surface area contributed by atoms with E-state index in [-0.39, 0.29) is 22.2 Å². The molecule has 3 aromatic rings. The Bertz CT molecular complexity index is 1490. The van der Waals surface area contributed by atoms with E-state index >= 15 is 0 Å². The third-order valence-electron chi connectivity index (χ3n) is 5.70. The first-order chi connectivity index (χ1) is 18.9. The molecular formula is C28H22ClF3N2O5S. The number of aryl methyl sites for hydroxylation is 1. The number of carbonyl (C=O) groups excluding carboxylic acids is 3. The molecule has 1 N–H and O–H groups in total. The molecule has 0 saturated carbocycles. The summed E-state index contributed by atoms with van der Waals surface area (Å²) in [5, 5.41) is 1.80. The quantitative estimate of drug-likeness (QED) is 0.286. The highest BCUT2D eigenvalue weighted by molar-refractivity contribution is 8.18. The molecule has 0 radical (unpaired) electrons. The highest BCUT2D eigenvalue weighted by Gasteiger charge is 2.36. The number of halogens is 4. The molecule has 208 valence electrons. The van der Waals surface area contributed by atoms with Crippen LogP contribution in [0.15, 0.2) is 65.6 Å². The van der Waals surface area contributed by atoms with Crippen molar-refractivity contribution in [2.45, 2.75) is 19.7 Å². The van der Waals surface area contributed by atoms with Crippen molar-refractivity contribution in [2.75, 3.05) is 19.0 Å². The van der Waals surface area contributed by atoms with E-state index in [9.17, 15) is 27.6 Å². The number of methoxy groups -OCH3 is 1. The third kappa shape index (κ3) is 6.97. The molecular weight excluding hydrogens is 569 g/mol. The van der Waals surface area contributed by atoms with Crippen molar-refractivity contribution in [3.05, 3.63) is 92.8 Å². The molecule has 0 spiro atoms. The molecule has 12 heteroatoms. The van der Waals surface area contributed by atoms with Crippen LogP contribution in [-0.2, 0) is 22.4 Å². The number of carbonyl (C=O) groups is 3. The molecule has 1 fully saturated rings. The predicted octanol–water partition coefficient (Wildman–Crippen LogP) is 6.93. The van der Waals surface area contributed by atoms with Crippen LogP contribution in [0.1, 0.15) is 22.3 Å². The first-order valence-corrected chi connectivity index (χ1v) is 12.9. The minimum Gasteiger partial charge on any atom is -0.493 e. The number of alkyl halides is 3. The molecule has 0 atom stereocenters. The van der Waals surface area contributed by atoms with Gasteiger partial charge in [-0.2, -0.15) is 13.2 Å². The summed E-state index contributed by atoms with van der Waals surface area (Å²) < 4.78 is 50.1. The molecule has 0 unspecified atom stereocenters. The smallest absolute Gasteiger partial charge is 0.416 e. The van der Waals surface area contributed by atoms with E-state index < -0.39 is 35.3 Å². The van der Waals surface area contributed by atoms with Crippen LogP contribution in [0.3, 0.4) is 0 Å². The van der Waals surface area contributed by atoms with Crippen molar-refractivity contribution in [1.29, 1.82) is 0 Å². The number of nitrogens with zero attached hydrogens (tertiary/aromatic N) is 1. The second-order valence-corrected chi connectivity index (χ2v) is 10.1. The zero-order valence-electron chi connectivity index (χ0n) is 21.2. The van der Waals surface area contributed by atoms with E-state index in [1.807, 2.05) is 31.2 Å². The lowest BCUT2D eigenvalue weighted by Gasteiger charge is -2.14. The van der Waals surface area contributed by atoms with Crippen molar-refractivity contribution < 1.29 is 37.0 Å². The largest absolute Gasteiger partial charge is 0.493 e. The summed E-state index contributed by atoms with van der Waals surface area (Å²) in [7, 11) is 1.44. The summed E-state index contributed by atoms with van der Waals surface area (Å²) in [5.74, 6) is -0.946.